The summed E-state index contributed by atoms with van der Waals surface area (Å²) < 4.78 is 5.95. The Morgan fingerprint density at radius 3 is 2.52 bits per heavy atom. The molecule has 0 aliphatic rings. The molecule has 0 aliphatic heterocycles. The van der Waals surface area contributed by atoms with Crippen LogP contribution in [0.4, 0.5) is 0 Å². The zero-order chi connectivity index (χ0) is 17.2. The van der Waals surface area contributed by atoms with Crippen LogP contribution in [0.3, 0.4) is 0 Å². The Hall–Kier alpha value is -2.02. The van der Waals surface area contributed by atoms with Crippen LogP contribution in [0.15, 0.2) is 6.07 Å². The number of ether oxygens (including phenoxy) is 1. The van der Waals surface area contributed by atoms with Crippen molar-refractivity contribution in [1.82, 2.24) is 0 Å². The quantitative estimate of drug-likeness (QED) is 0.507. The number of phenolic OH excluding ortho intramolecular Hbond substituents is 1. The summed E-state index contributed by atoms with van der Waals surface area (Å²) in [6.07, 6.45) is 5.44. The molecule has 4 nitrogen and oxygen atoms in total. The standard InChI is InChI=1S/C19H27NO3/c1-4-9-15-13-17(14(3)21)18(22)16(10-5-2)19(15)23-12-8-6-7-11-20/h13,22H,4-10,12H2,1-3H3. The molecule has 0 saturated carbocycles. The van der Waals surface area contributed by atoms with E-state index in [1.54, 1.807) is 6.07 Å². The number of Topliss-reactive ketones (excluding diaryl/α,β-unsaturated/α-hetero) is 1. The maximum absolute atomic E-state index is 11.8. The Morgan fingerprint density at radius 1 is 1.26 bits per heavy atom. The fourth-order valence-electron chi connectivity index (χ4n) is 2.64. The zero-order valence-electron chi connectivity index (χ0n) is 14.4. The minimum atomic E-state index is -0.127. The number of unbranched alkanes of at least 4 members (excludes halogenated alkanes) is 2. The molecule has 0 heterocycles. The summed E-state index contributed by atoms with van der Waals surface area (Å²) in [5.74, 6) is 0.664. The SMILES string of the molecule is CCCc1cc(C(C)=O)c(O)c(CCC)c1OCCCCC#N. The summed E-state index contributed by atoms with van der Waals surface area (Å²) in [7, 11) is 0. The molecular weight excluding hydrogens is 290 g/mol. The van der Waals surface area contributed by atoms with Gasteiger partial charge in [0.25, 0.3) is 0 Å². The van der Waals surface area contributed by atoms with Gasteiger partial charge in [0.1, 0.15) is 11.5 Å². The van der Waals surface area contributed by atoms with Crippen molar-refractivity contribution in [3.8, 4) is 17.6 Å². The number of ketones is 1. The lowest BCUT2D eigenvalue weighted by Gasteiger charge is -2.19. The van der Waals surface area contributed by atoms with Crippen LogP contribution in [0.1, 0.15) is 74.4 Å². The average molecular weight is 317 g/mol. The lowest BCUT2D eigenvalue weighted by atomic mass is 9.95. The number of benzene rings is 1. The third-order valence-electron chi connectivity index (χ3n) is 3.75. The normalized spacial score (nSPS) is 10.3. The van der Waals surface area contributed by atoms with Gasteiger partial charge in [-0.25, -0.2) is 0 Å². The maximum Gasteiger partial charge on any atom is 0.163 e. The van der Waals surface area contributed by atoms with Gasteiger partial charge in [-0.2, -0.15) is 5.26 Å². The largest absolute Gasteiger partial charge is 0.507 e. The van der Waals surface area contributed by atoms with Gasteiger partial charge in [0.15, 0.2) is 5.78 Å². The molecule has 0 bridgehead atoms. The van der Waals surface area contributed by atoms with Gasteiger partial charge < -0.3 is 9.84 Å². The first-order valence-electron chi connectivity index (χ1n) is 8.45. The van der Waals surface area contributed by atoms with Crippen molar-refractivity contribution in [2.45, 2.75) is 65.7 Å². The minimum absolute atomic E-state index is 0.0613. The highest BCUT2D eigenvalue weighted by Crippen LogP contribution is 2.37. The summed E-state index contributed by atoms with van der Waals surface area (Å²) in [6, 6.07) is 3.89. The minimum Gasteiger partial charge on any atom is -0.507 e. The number of nitriles is 1. The maximum atomic E-state index is 11.8. The highest BCUT2D eigenvalue weighted by Gasteiger charge is 2.20. The molecule has 0 spiro atoms. The third kappa shape index (κ3) is 5.28. The van der Waals surface area contributed by atoms with Crippen LogP contribution in [0.2, 0.25) is 0 Å². The number of rotatable bonds is 10. The van der Waals surface area contributed by atoms with Crippen LogP contribution in [0.25, 0.3) is 0 Å². The van der Waals surface area contributed by atoms with Crippen molar-refractivity contribution in [2.24, 2.45) is 0 Å². The summed E-state index contributed by atoms with van der Waals surface area (Å²) in [6.45, 7) is 6.11. The second kappa shape index (κ2) is 9.89. The molecule has 1 aromatic carbocycles. The van der Waals surface area contributed by atoms with Gasteiger partial charge in [0, 0.05) is 12.0 Å². The molecular formula is C19H27NO3. The van der Waals surface area contributed by atoms with Crippen molar-refractivity contribution in [2.75, 3.05) is 6.61 Å². The van der Waals surface area contributed by atoms with E-state index in [0.29, 0.717) is 25.0 Å². The fraction of sp³-hybridized carbons (Fsp3) is 0.579. The highest BCUT2D eigenvalue weighted by atomic mass is 16.5. The first kappa shape index (κ1) is 19.0. The Labute approximate surface area is 139 Å². The predicted molar refractivity (Wildman–Crippen MR) is 91.1 cm³/mol. The number of nitrogens with zero attached hydrogens (tertiary/aromatic N) is 1. The van der Waals surface area contributed by atoms with Crippen molar-refractivity contribution < 1.29 is 14.6 Å². The average Bonchev–Trinajstić information content (AvgIpc) is 2.52. The lowest BCUT2D eigenvalue weighted by molar-refractivity contribution is 0.101. The second-order valence-electron chi connectivity index (χ2n) is 5.76. The van der Waals surface area contributed by atoms with Crippen LogP contribution in [0.5, 0.6) is 11.5 Å². The topological polar surface area (TPSA) is 70.3 Å². The predicted octanol–water partition coefficient (Wildman–Crippen LogP) is 4.57. The Balaban J connectivity index is 3.14. The highest BCUT2D eigenvalue weighted by molar-refractivity contribution is 5.97. The molecule has 23 heavy (non-hydrogen) atoms. The number of hydrogen-bond donors (Lipinski definition) is 1. The molecule has 0 atom stereocenters. The summed E-state index contributed by atoms with van der Waals surface area (Å²) in [5.41, 5.74) is 2.11. The first-order valence-corrected chi connectivity index (χ1v) is 8.45. The first-order chi connectivity index (χ1) is 11.1. The van der Waals surface area contributed by atoms with Gasteiger partial charge in [-0.05, 0) is 44.2 Å². The number of aryl methyl sites for hydroxylation is 1. The lowest BCUT2D eigenvalue weighted by Crippen LogP contribution is -2.07. The van der Waals surface area contributed by atoms with E-state index in [0.717, 1.165) is 49.0 Å². The monoisotopic (exact) mass is 317 g/mol. The molecule has 1 rings (SSSR count). The van der Waals surface area contributed by atoms with E-state index >= 15 is 0 Å². The molecule has 1 aromatic rings. The number of aromatic hydroxyl groups is 1. The number of phenols is 1. The van der Waals surface area contributed by atoms with Crippen molar-refractivity contribution in [3.05, 3.63) is 22.8 Å². The van der Waals surface area contributed by atoms with Crippen LogP contribution >= 0.6 is 0 Å². The smallest absolute Gasteiger partial charge is 0.163 e. The van der Waals surface area contributed by atoms with Gasteiger partial charge in [-0.1, -0.05) is 26.7 Å². The van der Waals surface area contributed by atoms with Crippen LogP contribution in [0, 0.1) is 11.3 Å². The molecule has 1 N–H and O–H groups in total. The van der Waals surface area contributed by atoms with E-state index in [1.165, 1.54) is 6.92 Å². The molecule has 126 valence electrons. The van der Waals surface area contributed by atoms with Crippen molar-refractivity contribution in [3.63, 3.8) is 0 Å². The summed E-state index contributed by atoms with van der Waals surface area (Å²) in [5, 5.41) is 19.0. The number of carbonyl (C=O) groups excluding carboxylic acids is 1. The van der Waals surface area contributed by atoms with E-state index in [1.807, 2.05) is 6.92 Å². The molecule has 0 aliphatic carbocycles. The number of carbonyl (C=O) groups is 1. The summed E-state index contributed by atoms with van der Waals surface area (Å²) >= 11 is 0. The fourth-order valence-corrected chi connectivity index (χ4v) is 2.64. The van der Waals surface area contributed by atoms with E-state index in [4.69, 9.17) is 10.00 Å². The van der Waals surface area contributed by atoms with Crippen LogP contribution in [-0.2, 0) is 12.8 Å². The molecule has 0 saturated heterocycles. The van der Waals surface area contributed by atoms with E-state index in [2.05, 4.69) is 13.0 Å². The molecule has 0 fully saturated rings. The van der Waals surface area contributed by atoms with Crippen molar-refractivity contribution in [1.29, 1.82) is 5.26 Å². The molecule has 0 amide bonds. The van der Waals surface area contributed by atoms with Gasteiger partial charge in [-0.3, -0.25) is 4.79 Å². The second-order valence-corrected chi connectivity index (χ2v) is 5.76. The summed E-state index contributed by atoms with van der Waals surface area (Å²) in [4.78, 5) is 11.8. The third-order valence-corrected chi connectivity index (χ3v) is 3.75. The van der Waals surface area contributed by atoms with Gasteiger partial charge in [-0.15, -0.1) is 0 Å². The van der Waals surface area contributed by atoms with Crippen LogP contribution in [-0.4, -0.2) is 17.5 Å². The Morgan fingerprint density at radius 2 is 1.96 bits per heavy atom. The van der Waals surface area contributed by atoms with Crippen molar-refractivity contribution >= 4 is 5.78 Å². The molecule has 0 unspecified atom stereocenters. The molecule has 0 radical (unpaired) electrons. The van der Waals surface area contributed by atoms with Gasteiger partial charge in [0.05, 0.1) is 18.2 Å². The Bertz CT molecular complexity index is 573. The van der Waals surface area contributed by atoms with Crippen LogP contribution < -0.4 is 4.74 Å². The number of hydrogen-bond acceptors (Lipinski definition) is 4. The Kier molecular flexibility index (Phi) is 8.18. The van der Waals surface area contributed by atoms with Gasteiger partial charge >= 0.3 is 0 Å². The molecule has 0 aromatic heterocycles. The van der Waals surface area contributed by atoms with Gasteiger partial charge in [0.2, 0.25) is 0 Å². The molecule has 4 heteroatoms. The van der Waals surface area contributed by atoms with E-state index in [-0.39, 0.29) is 11.5 Å². The van der Waals surface area contributed by atoms with E-state index in [9.17, 15) is 9.90 Å². The zero-order valence-corrected chi connectivity index (χ0v) is 14.4. The van der Waals surface area contributed by atoms with E-state index < -0.39 is 0 Å².